The van der Waals surface area contributed by atoms with Gasteiger partial charge in [-0.25, -0.2) is 4.79 Å². The zero-order valence-corrected chi connectivity index (χ0v) is 9.35. The van der Waals surface area contributed by atoms with Crippen LogP contribution in [0.3, 0.4) is 0 Å². The average molecular weight is 226 g/mol. The summed E-state index contributed by atoms with van der Waals surface area (Å²) in [6.45, 7) is 2.91. The van der Waals surface area contributed by atoms with Crippen LogP contribution in [-0.2, 0) is 9.47 Å². The van der Waals surface area contributed by atoms with E-state index in [0.717, 1.165) is 39.0 Å². The van der Waals surface area contributed by atoms with Gasteiger partial charge in [-0.05, 0) is 19.3 Å². The van der Waals surface area contributed by atoms with E-state index in [1.807, 2.05) is 4.90 Å². The molecule has 90 valence electrons. The van der Waals surface area contributed by atoms with Crippen LogP contribution in [0.1, 0.15) is 19.3 Å². The third kappa shape index (κ3) is 2.01. The number of ether oxygens (including phenoxy) is 2. The lowest BCUT2D eigenvalue weighted by Crippen LogP contribution is -2.52. The molecular formula is C11H18N2O3. The predicted octanol–water partition coefficient (Wildman–Crippen LogP) is 0.348. The third-order valence-electron chi connectivity index (χ3n) is 3.59. The van der Waals surface area contributed by atoms with Gasteiger partial charge in [-0.2, -0.15) is 0 Å². The number of hydrogen-bond acceptors (Lipinski definition) is 3. The predicted molar refractivity (Wildman–Crippen MR) is 57.2 cm³/mol. The number of morpholine rings is 1. The standard InChI is InChI=1S/C11H18N2O3/c14-11(12-8-3-4-15-7-8)13-5-9-1-2-10(6-13)16-9/h8-10H,1-7H2,(H,12,14). The first-order valence-corrected chi connectivity index (χ1v) is 6.10. The third-order valence-corrected chi connectivity index (χ3v) is 3.59. The smallest absolute Gasteiger partial charge is 0.317 e. The van der Waals surface area contributed by atoms with E-state index < -0.39 is 0 Å². The maximum Gasteiger partial charge on any atom is 0.317 e. The Balaban J connectivity index is 1.54. The van der Waals surface area contributed by atoms with Crippen molar-refractivity contribution >= 4 is 6.03 Å². The molecule has 0 aromatic rings. The highest BCUT2D eigenvalue weighted by Gasteiger charge is 2.36. The Hall–Kier alpha value is -0.810. The van der Waals surface area contributed by atoms with E-state index >= 15 is 0 Å². The van der Waals surface area contributed by atoms with E-state index in [1.54, 1.807) is 0 Å². The summed E-state index contributed by atoms with van der Waals surface area (Å²) < 4.78 is 10.9. The number of hydrogen-bond donors (Lipinski definition) is 1. The Kier molecular flexibility index (Phi) is 2.73. The quantitative estimate of drug-likeness (QED) is 0.702. The molecule has 0 spiro atoms. The summed E-state index contributed by atoms with van der Waals surface area (Å²) in [7, 11) is 0. The molecule has 2 amide bonds. The van der Waals surface area contributed by atoms with Crippen molar-refractivity contribution in [2.24, 2.45) is 0 Å². The Morgan fingerprint density at radius 1 is 1.19 bits per heavy atom. The van der Waals surface area contributed by atoms with Crippen LogP contribution in [0.25, 0.3) is 0 Å². The van der Waals surface area contributed by atoms with Gasteiger partial charge in [0.1, 0.15) is 0 Å². The molecule has 1 N–H and O–H groups in total. The van der Waals surface area contributed by atoms with Gasteiger partial charge in [0.15, 0.2) is 0 Å². The minimum Gasteiger partial charge on any atom is -0.379 e. The number of carbonyl (C=O) groups is 1. The number of nitrogens with zero attached hydrogens (tertiary/aromatic N) is 1. The Labute approximate surface area is 95.1 Å². The van der Waals surface area contributed by atoms with Crippen LogP contribution >= 0.6 is 0 Å². The highest BCUT2D eigenvalue weighted by atomic mass is 16.5. The largest absolute Gasteiger partial charge is 0.379 e. The van der Waals surface area contributed by atoms with Gasteiger partial charge < -0.3 is 19.7 Å². The van der Waals surface area contributed by atoms with Crippen LogP contribution in [0.4, 0.5) is 4.79 Å². The SMILES string of the molecule is O=C(NC1CCOC1)N1CC2CCC(C1)O2. The fourth-order valence-electron chi connectivity index (χ4n) is 2.69. The van der Waals surface area contributed by atoms with E-state index in [9.17, 15) is 4.79 Å². The summed E-state index contributed by atoms with van der Waals surface area (Å²) in [5, 5.41) is 3.02. The molecule has 3 unspecified atom stereocenters. The molecule has 3 fully saturated rings. The molecule has 3 heterocycles. The molecule has 5 heteroatoms. The van der Waals surface area contributed by atoms with E-state index in [2.05, 4.69) is 5.32 Å². The zero-order valence-electron chi connectivity index (χ0n) is 9.35. The second kappa shape index (κ2) is 4.22. The minimum absolute atomic E-state index is 0.0516. The summed E-state index contributed by atoms with van der Waals surface area (Å²) in [5.41, 5.74) is 0. The van der Waals surface area contributed by atoms with Crippen molar-refractivity contribution in [1.82, 2.24) is 10.2 Å². The molecular weight excluding hydrogens is 208 g/mol. The second-order valence-corrected chi connectivity index (χ2v) is 4.87. The monoisotopic (exact) mass is 226 g/mol. The Morgan fingerprint density at radius 3 is 2.56 bits per heavy atom. The summed E-state index contributed by atoms with van der Waals surface area (Å²) in [6.07, 6.45) is 3.67. The highest BCUT2D eigenvalue weighted by Crippen LogP contribution is 2.26. The molecule has 16 heavy (non-hydrogen) atoms. The van der Waals surface area contributed by atoms with Crippen molar-refractivity contribution in [1.29, 1.82) is 0 Å². The van der Waals surface area contributed by atoms with Crippen LogP contribution in [0.2, 0.25) is 0 Å². The highest BCUT2D eigenvalue weighted by molar-refractivity contribution is 5.74. The molecule has 0 aromatic heterocycles. The lowest BCUT2D eigenvalue weighted by molar-refractivity contribution is -0.0241. The van der Waals surface area contributed by atoms with Gasteiger partial charge >= 0.3 is 6.03 Å². The van der Waals surface area contributed by atoms with Crippen molar-refractivity contribution in [2.75, 3.05) is 26.3 Å². The van der Waals surface area contributed by atoms with Gasteiger partial charge in [0.25, 0.3) is 0 Å². The molecule has 3 saturated heterocycles. The average Bonchev–Trinajstić information content (AvgIpc) is 2.89. The fourth-order valence-corrected chi connectivity index (χ4v) is 2.69. The van der Waals surface area contributed by atoms with Gasteiger partial charge in [-0.1, -0.05) is 0 Å². The summed E-state index contributed by atoms with van der Waals surface area (Å²) in [5.74, 6) is 0. The number of carbonyl (C=O) groups excluding carboxylic acids is 1. The normalized spacial score (nSPS) is 37.8. The van der Waals surface area contributed by atoms with Crippen LogP contribution in [-0.4, -0.2) is 55.5 Å². The van der Waals surface area contributed by atoms with Gasteiger partial charge in [0, 0.05) is 19.7 Å². The lowest BCUT2D eigenvalue weighted by atomic mass is 10.2. The van der Waals surface area contributed by atoms with Crippen molar-refractivity contribution in [3.8, 4) is 0 Å². The van der Waals surface area contributed by atoms with Gasteiger partial charge in [-0.3, -0.25) is 0 Å². The Morgan fingerprint density at radius 2 is 1.94 bits per heavy atom. The summed E-state index contributed by atoms with van der Waals surface area (Å²) in [4.78, 5) is 13.9. The lowest BCUT2D eigenvalue weighted by Gasteiger charge is -2.32. The molecule has 0 radical (unpaired) electrons. The van der Waals surface area contributed by atoms with Gasteiger partial charge in [0.2, 0.25) is 0 Å². The molecule has 3 aliphatic rings. The van der Waals surface area contributed by atoms with Crippen LogP contribution in [0.5, 0.6) is 0 Å². The first-order valence-electron chi connectivity index (χ1n) is 6.10. The van der Waals surface area contributed by atoms with E-state index in [0.29, 0.717) is 6.61 Å². The molecule has 0 saturated carbocycles. The van der Waals surface area contributed by atoms with Crippen molar-refractivity contribution in [3.63, 3.8) is 0 Å². The van der Waals surface area contributed by atoms with Crippen molar-refractivity contribution in [3.05, 3.63) is 0 Å². The fraction of sp³-hybridized carbons (Fsp3) is 0.909. The molecule has 3 aliphatic heterocycles. The summed E-state index contributed by atoms with van der Waals surface area (Å²) in [6, 6.07) is 0.253. The van der Waals surface area contributed by atoms with Crippen LogP contribution in [0, 0.1) is 0 Å². The molecule has 3 rings (SSSR count). The molecule has 2 bridgehead atoms. The van der Waals surface area contributed by atoms with Gasteiger partial charge in [0.05, 0.1) is 24.9 Å². The maximum absolute atomic E-state index is 12.0. The minimum atomic E-state index is 0.0516. The van der Waals surface area contributed by atoms with Crippen LogP contribution < -0.4 is 5.32 Å². The molecule has 0 aromatic carbocycles. The second-order valence-electron chi connectivity index (χ2n) is 4.87. The number of urea groups is 1. The number of fused-ring (bicyclic) bond motifs is 2. The first-order chi connectivity index (χ1) is 7.81. The van der Waals surface area contributed by atoms with Crippen molar-refractivity contribution in [2.45, 2.75) is 37.5 Å². The number of nitrogens with one attached hydrogen (secondary N) is 1. The number of amides is 2. The van der Waals surface area contributed by atoms with Crippen molar-refractivity contribution < 1.29 is 14.3 Å². The Bertz CT molecular complexity index is 266. The van der Waals surface area contributed by atoms with E-state index in [-0.39, 0.29) is 24.3 Å². The summed E-state index contributed by atoms with van der Waals surface area (Å²) >= 11 is 0. The number of rotatable bonds is 1. The van der Waals surface area contributed by atoms with E-state index in [1.165, 1.54) is 0 Å². The zero-order chi connectivity index (χ0) is 11.0. The van der Waals surface area contributed by atoms with E-state index in [4.69, 9.17) is 9.47 Å². The molecule has 5 nitrogen and oxygen atoms in total. The molecule has 3 atom stereocenters. The number of likely N-dealkylation sites (tertiary alicyclic amines) is 1. The van der Waals surface area contributed by atoms with Gasteiger partial charge in [-0.15, -0.1) is 0 Å². The van der Waals surface area contributed by atoms with Crippen LogP contribution in [0.15, 0.2) is 0 Å². The topological polar surface area (TPSA) is 50.8 Å². The first kappa shape index (κ1) is 10.4. The molecule has 0 aliphatic carbocycles. The maximum atomic E-state index is 12.0.